The maximum absolute atomic E-state index is 11.5. The third-order valence-corrected chi connectivity index (χ3v) is 5.14. The third-order valence-electron chi connectivity index (χ3n) is 5.14. The highest BCUT2D eigenvalue weighted by Crippen LogP contribution is 2.35. The Morgan fingerprint density at radius 1 is 0.818 bits per heavy atom. The minimum atomic E-state index is -0.589. The lowest BCUT2D eigenvalue weighted by atomic mass is 9.98. The summed E-state index contributed by atoms with van der Waals surface area (Å²) in [4.78, 5) is 22.8. The average Bonchev–Trinajstić information content (AvgIpc) is 2.87. The van der Waals surface area contributed by atoms with E-state index in [0.29, 0.717) is 22.6 Å². The Hall–Kier alpha value is -4.38. The van der Waals surface area contributed by atoms with Gasteiger partial charge in [0.2, 0.25) is 0 Å². The molecule has 0 saturated heterocycles. The van der Waals surface area contributed by atoms with E-state index in [4.69, 9.17) is 15.2 Å². The van der Waals surface area contributed by atoms with E-state index in [1.54, 1.807) is 18.2 Å². The van der Waals surface area contributed by atoms with Crippen molar-refractivity contribution in [2.75, 3.05) is 6.61 Å². The molecule has 1 unspecified atom stereocenters. The first-order valence-electron chi connectivity index (χ1n) is 10.5. The molecule has 4 aromatic rings. The predicted molar refractivity (Wildman–Crippen MR) is 127 cm³/mol. The number of amides is 1. The molecule has 0 bridgehead atoms. The molecule has 1 atom stereocenters. The Kier molecular flexibility index (Phi) is 6.81. The van der Waals surface area contributed by atoms with Crippen molar-refractivity contribution < 1.29 is 19.1 Å². The molecule has 0 aromatic heterocycles. The van der Waals surface area contributed by atoms with E-state index >= 15 is 0 Å². The zero-order valence-corrected chi connectivity index (χ0v) is 17.9. The van der Waals surface area contributed by atoms with Crippen LogP contribution in [0.1, 0.15) is 27.6 Å². The van der Waals surface area contributed by atoms with E-state index in [2.05, 4.69) is 12.1 Å². The Morgan fingerprint density at radius 2 is 1.45 bits per heavy atom. The van der Waals surface area contributed by atoms with Crippen molar-refractivity contribution >= 4 is 12.2 Å². The smallest absolute Gasteiger partial charge is 0.255 e. The number of carbonyl (C=O) groups is 2. The SMILES string of the molecule is NC(=O)COc1ccc(C=O)cc1C(Oc1ccc(-c2ccccc2)cc1)c1ccccc1. The normalized spacial score (nSPS) is 11.4. The molecule has 0 radical (unpaired) electrons. The number of primary amides is 1. The summed E-state index contributed by atoms with van der Waals surface area (Å²) < 4.78 is 12.1. The van der Waals surface area contributed by atoms with Gasteiger partial charge in [-0.1, -0.05) is 72.8 Å². The summed E-state index contributed by atoms with van der Waals surface area (Å²) in [6, 6.07) is 32.5. The molecule has 4 rings (SSSR count). The van der Waals surface area contributed by atoms with Crippen LogP contribution in [0.25, 0.3) is 11.1 Å². The van der Waals surface area contributed by atoms with E-state index in [1.165, 1.54) is 0 Å². The van der Waals surface area contributed by atoms with Crippen LogP contribution in [-0.4, -0.2) is 18.8 Å². The van der Waals surface area contributed by atoms with E-state index in [9.17, 15) is 9.59 Å². The van der Waals surface area contributed by atoms with Crippen molar-refractivity contribution in [2.24, 2.45) is 5.73 Å². The molecule has 0 spiro atoms. The summed E-state index contributed by atoms with van der Waals surface area (Å²) in [5, 5.41) is 0. The van der Waals surface area contributed by atoms with Gasteiger partial charge in [0.1, 0.15) is 17.8 Å². The Labute approximate surface area is 192 Å². The summed E-state index contributed by atoms with van der Waals surface area (Å²) in [6.07, 6.45) is 0.189. The van der Waals surface area contributed by atoms with Crippen LogP contribution in [0.4, 0.5) is 0 Å². The van der Waals surface area contributed by atoms with Crippen LogP contribution in [0.2, 0.25) is 0 Å². The van der Waals surface area contributed by atoms with Crippen LogP contribution in [0.3, 0.4) is 0 Å². The number of carbonyl (C=O) groups excluding carboxylic acids is 2. The lowest BCUT2D eigenvalue weighted by Gasteiger charge is -2.23. The number of benzene rings is 4. The standard InChI is InChI=1S/C28H23NO4/c29-27(31)19-32-26-16-11-20(18-30)17-25(26)28(23-9-5-2-6-10-23)33-24-14-12-22(13-15-24)21-7-3-1-4-8-21/h1-18,28H,19H2,(H2,29,31). The van der Waals surface area contributed by atoms with Crippen LogP contribution >= 0.6 is 0 Å². The van der Waals surface area contributed by atoms with Crippen LogP contribution in [0.15, 0.2) is 103 Å². The van der Waals surface area contributed by atoms with Gasteiger partial charge in [0, 0.05) is 11.1 Å². The van der Waals surface area contributed by atoms with Gasteiger partial charge in [-0.05, 0) is 47.0 Å². The van der Waals surface area contributed by atoms with Gasteiger partial charge in [-0.2, -0.15) is 0 Å². The lowest BCUT2D eigenvalue weighted by Crippen LogP contribution is -2.21. The molecule has 0 aliphatic rings. The van der Waals surface area contributed by atoms with Crippen molar-refractivity contribution in [3.8, 4) is 22.6 Å². The Morgan fingerprint density at radius 3 is 2.09 bits per heavy atom. The third kappa shape index (κ3) is 5.46. The Bertz CT molecular complexity index is 1220. The van der Waals surface area contributed by atoms with Gasteiger partial charge in [0.05, 0.1) is 0 Å². The molecule has 0 fully saturated rings. The van der Waals surface area contributed by atoms with Crippen molar-refractivity contribution in [3.05, 3.63) is 120 Å². The monoisotopic (exact) mass is 437 g/mol. The van der Waals surface area contributed by atoms with Crippen molar-refractivity contribution in [1.29, 1.82) is 0 Å². The summed E-state index contributed by atoms with van der Waals surface area (Å²) in [7, 11) is 0. The first-order valence-corrected chi connectivity index (χ1v) is 10.5. The number of aldehydes is 1. The van der Waals surface area contributed by atoms with Crippen LogP contribution < -0.4 is 15.2 Å². The molecule has 0 aliphatic heterocycles. The molecule has 0 saturated carbocycles. The van der Waals surface area contributed by atoms with Gasteiger partial charge < -0.3 is 15.2 Å². The summed E-state index contributed by atoms with van der Waals surface area (Å²) in [5.74, 6) is 0.490. The predicted octanol–water partition coefficient (Wildman–Crippen LogP) is 5.20. The van der Waals surface area contributed by atoms with Gasteiger partial charge >= 0.3 is 0 Å². The van der Waals surface area contributed by atoms with E-state index in [0.717, 1.165) is 23.0 Å². The van der Waals surface area contributed by atoms with Crippen molar-refractivity contribution in [3.63, 3.8) is 0 Å². The molecule has 5 nitrogen and oxygen atoms in total. The molecule has 164 valence electrons. The molecule has 2 N–H and O–H groups in total. The quantitative estimate of drug-likeness (QED) is 0.365. The molecule has 5 heteroatoms. The number of hydrogen-bond donors (Lipinski definition) is 1. The number of nitrogens with two attached hydrogens (primary N) is 1. The van der Waals surface area contributed by atoms with Gasteiger partial charge in [0.15, 0.2) is 12.7 Å². The number of hydrogen-bond acceptors (Lipinski definition) is 4. The summed E-state index contributed by atoms with van der Waals surface area (Å²) >= 11 is 0. The molecule has 33 heavy (non-hydrogen) atoms. The van der Waals surface area contributed by atoms with E-state index < -0.39 is 12.0 Å². The fourth-order valence-corrected chi connectivity index (χ4v) is 3.56. The highest BCUT2D eigenvalue weighted by molar-refractivity contribution is 5.77. The largest absolute Gasteiger partial charge is 0.483 e. The summed E-state index contributed by atoms with van der Waals surface area (Å²) in [5.41, 5.74) is 9.43. The molecular weight excluding hydrogens is 414 g/mol. The van der Waals surface area contributed by atoms with Crippen LogP contribution in [-0.2, 0) is 4.79 Å². The molecule has 0 aliphatic carbocycles. The zero-order chi connectivity index (χ0) is 23.0. The highest BCUT2D eigenvalue weighted by atomic mass is 16.5. The second kappa shape index (κ2) is 10.3. The first kappa shape index (κ1) is 21.8. The fourth-order valence-electron chi connectivity index (χ4n) is 3.56. The molecule has 0 heterocycles. The van der Waals surface area contributed by atoms with Gasteiger partial charge in [-0.25, -0.2) is 0 Å². The van der Waals surface area contributed by atoms with Crippen LogP contribution in [0, 0.1) is 0 Å². The summed E-state index contributed by atoms with van der Waals surface area (Å²) in [6.45, 7) is -0.277. The number of ether oxygens (including phenoxy) is 2. The van der Waals surface area contributed by atoms with E-state index in [1.807, 2.05) is 72.8 Å². The first-order chi connectivity index (χ1) is 16.1. The van der Waals surface area contributed by atoms with Crippen LogP contribution in [0.5, 0.6) is 11.5 Å². The maximum atomic E-state index is 11.5. The second-order valence-electron chi connectivity index (χ2n) is 7.47. The van der Waals surface area contributed by atoms with Gasteiger partial charge in [-0.3, -0.25) is 9.59 Å². The van der Waals surface area contributed by atoms with E-state index in [-0.39, 0.29) is 6.61 Å². The number of rotatable bonds is 9. The maximum Gasteiger partial charge on any atom is 0.255 e. The van der Waals surface area contributed by atoms with Crippen molar-refractivity contribution in [1.82, 2.24) is 0 Å². The Balaban J connectivity index is 1.71. The fraction of sp³-hybridized carbons (Fsp3) is 0.0714. The van der Waals surface area contributed by atoms with Gasteiger partial charge in [-0.15, -0.1) is 0 Å². The zero-order valence-electron chi connectivity index (χ0n) is 17.9. The second-order valence-corrected chi connectivity index (χ2v) is 7.47. The minimum Gasteiger partial charge on any atom is -0.483 e. The topological polar surface area (TPSA) is 78.6 Å². The van der Waals surface area contributed by atoms with Crippen molar-refractivity contribution in [2.45, 2.75) is 6.10 Å². The molecule has 4 aromatic carbocycles. The van der Waals surface area contributed by atoms with Gasteiger partial charge in [0.25, 0.3) is 5.91 Å². The average molecular weight is 437 g/mol. The molecule has 1 amide bonds. The highest BCUT2D eigenvalue weighted by Gasteiger charge is 2.22. The molecular formula is C28H23NO4. The minimum absolute atomic E-state index is 0.277. The lowest BCUT2D eigenvalue weighted by molar-refractivity contribution is -0.119.